The molecule has 0 aliphatic carbocycles. The molecule has 1 aromatic carbocycles. The summed E-state index contributed by atoms with van der Waals surface area (Å²) in [5, 5.41) is 0.247. The lowest BCUT2D eigenvalue weighted by atomic mass is 10.2. The average molecular weight is 259 g/mol. The highest BCUT2D eigenvalue weighted by Gasteiger charge is 2.10. The van der Waals surface area contributed by atoms with Gasteiger partial charge in [0.1, 0.15) is 11.3 Å². The van der Waals surface area contributed by atoms with Crippen molar-refractivity contribution in [2.75, 3.05) is 0 Å². The smallest absolute Gasteiger partial charge is 0.224 e. The molecule has 18 heavy (non-hydrogen) atoms. The van der Waals surface area contributed by atoms with Crippen molar-refractivity contribution in [3.05, 3.63) is 53.2 Å². The van der Waals surface area contributed by atoms with Crippen LogP contribution in [0.3, 0.4) is 0 Å². The quantitative estimate of drug-likeness (QED) is 0.664. The van der Waals surface area contributed by atoms with Crippen molar-refractivity contribution in [1.82, 2.24) is 19.5 Å². The highest BCUT2D eigenvalue weighted by molar-refractivity contribution is 6.28. The van der Waals surface area contributed by atoms with Gasteiger partial charge in [0, 0.05) is 0 Å². The maximum atomic E-state index is 5.84. The molecule has 0 saturated heterocycles. The van der Waals surface area contributed by atoms with Crippen LogP contribution in [0.25, 0.3) is 11.2 Å². The van der Waals surface area contributed by atoms with Crippen LogP contribution in [0, 0.1) is 6.92 Å². The SMILES string of the molecule is Cc1nc2cnc(Cl)nc2n1Cc1ccccc1. The van der Waals surface area contributed by atoms with E-state index in [1.807, 2.05) is 29.7 Å². The van der Waals surface area contributed by atoms with Crippen molar-refractivity contribution in [3.63, 3.8) is 0 Å². The van der Waals surface area contributed by atoms with E-state index in [1.54, 1.807) is 6.20 Å². The van der Waals surface area contributed by atoms with Gasteiger partial charge in [0.15, 0.2) is 5.65 Å². The van der Waals surface area contributed by atoms with Crippen LogP contribution in [0.1, 0.15) is 11.4 Å². The molecule has 2 heterocycles. The van der Waals surface area contributed by atoms with Crippen LogP contribution >= 0.6 is 11.6 Å². The molecule has 3 rings (SSSR count). The van der Waals surface area contributed by atoms with Crippen molar-refractivity contribution < 1.29 is 0 Å². The molecule has 0 fully saturated rings. The Bertz CT molecular complexity index is 691. The summed E-state index contributed by atoms with van der Waals surface area (Å²) in [6.45, 7) is 2.69. The van der Waals surface area contributed by atoms with Crippen LogP contribution in [0.5, 0.6) is 0 Å². The van der Waals surface area contributed by atoms with Crippen LogP contribution in [0.4, 0.5) is 0 Å². The summed E-state index contributed by atoms with van der Waals surface area (Å²) >= 11 is 5.84. The van der Waals surface area contributed by atoms with E-state index in [9.17, 15) is 0 Å². The molecule has 0 saturated carbocycles. The second kappa shape index (κ2) is 4.38. The fourth-order valence-corrected chi connectivity index (χ4v) is 2.10. The van der Waals surface area contributed by atoms with Crippen molar-refractivity contribution in [2.24, 2.45) is 0 Å². The van der Waals surface area contributed by atoms with E-state index < -0.39 is 0 Å². The standard InChI is InChI=1S/C13H11ClN4/c1-9-16-11-7-15-13(14)17-12(11)18(9)8-10-5-3-2-4-6-10/h2-7H,8H2,1H3. The summed E-state index contributed by atoms with van der Waals surface area (Å²) in [6, 6.07) is 10.2. The second-order valence-corrected chi connectivity index (χ2v) is 4.42. The Hall–Kier alpha value is -1.94. The Kier molecular flexibility index (Phi) is 2.72. The van der Waals surface area contributed by atoms with Gasteiger partial charge >= 0.3 is 0 Å². The Balaban J connectivity index is 2.11. The van der Waals surface area contributed by atoms with Crippen LogP contribution in [-0.2, 0) is 6.54 Å². The number of aryl methyl sites for hydroxylation is 1. The van der Waals surface area contributed by atoms with E-state index in [0.717, 1.165) is 23.5 Å². The molecule has 0 aliphatic rings. The summed E-state index contributed by atoms with van der Waals surface area (Å²) in [6.07, 6.45) is 1.65. The number of fused-ring (bicyclic) bond motifs is 1. The van der Waals surface area contributed by atoms with Crippen molar-refractivity contribution in [1.29, 1.82) is 0 Å². The molecule has 90 valence electrons. The van der Waals surface area contributed by atoms with Gasteiger partial charge in [-0.3, -0.25) is 0 Å². The molecule has 0 N–H and O–H groups in total. The maximum Gasteiger partial charge on any atom is 0.224 e. The molecule has 0 aliphatic heterocycles. The summed E-state index contributed by atoms with van der Waals surface area (Å²) in [5.41, 5.74) is 2.75. The van der Waals surface area contributed by atoms with Gasteiger partial charge in [0.25, 0.3) is 0 Å². The van der Waals surface area contributed by atoms with E-state index in [4.69, 9.17) is 11.6 Å². The predicted octanol–water partition coefficient (Wildman–Crippen LogP) is 2.84. The van der Waals surface area contributed by atoms with Crippen LogP contribution in [0.15, 0.2) is 36.5 Å². The van der Waals surface area contributed by atoms with Gasteiger partial charge in [0.2, 0.25) is 5.28 Å². The molecule has 0 bridgehead atoms. The van der Waals surface area contributed by atoms with Crippen LogP contribution in [0.2, 0.25) is 5.28 Å². The third-order valence-corrected chi connectivity index (χ3v) is 3.01. The molecule has 0 atom stereocenters. The van der Waals surface area contributed by atoms with Gasteiger partial charge in [-0.15, -0.1) is 0 Å². The lowest BCUT2D eigenvalue weighted by Crippen LogP contribution is -2.03. The third-order valence-electron chi connectivity index (χ3n) is 2.83. The van der Waals surface area contributed by atoms with Gasteiger partial charge in [-0.05, 0) is 24.1 Å². The first-order chi connectivity index (χ1) is 8.74. The Morgan fingerprint density at radius 3 is 2.72 bits per heavy atom. The summed E-state index contributed by atoms with van der Waals surface area (Å²) in [7, 11) is 0. The molecule has 3 aromatic rings. The fraction of sp³-hybridized carbons (Fsp3) is 0.154. The minimum atomic E-state index is 0.247. The molecule has 0 spiro atoms. The summed E-state index contributed by atoms with van der Waals surface area (Å²) < 4.78 is 2.04. The molecule has 0 radical (unpaired) electrons. The van der Waals surface area contributed by atoms with Gasteiger partial charge in [0.05, 0.1) is 12.7 Å². The second-order valence-electron chi connectivity index (χ2n) is 4.08. The highest BCUT2D eigenvalue weighted by atomic mass is 35.5. The molecule has 0 unspecified atom stereocenters. The van der Waals surface area contributed by atoms with Gasteiger partial charge in [-0.2, -0.15) is 4.98 Å². The number of imidazole rings is 1. The monoisotopic (exact) mass is 258 g/mol. The zero-order chi connectivity index (χ0) is 12.5. The minimum Gasteiger partial charge on any atom is -0.308 e. The number of hydrogen-bond donors (Lipinski definition) is 0. The van der Waals surface area contributed by atoms with Gasteiger partial charge < -0.3 is 4.57 Å². The Morgan fingerprint density at radius 1 is 1.17 bits per heavy atom. The zero-order valence-corrected chi connectivity index (χ0v) is 10.6. The van der Waals surface area contributed by atoms with Crippen LogP contribution in [-0.4, -0.2) is 19.5 Å². The lowest BCUT2D eigenvalue weighted by molar-refractivity contribution is 0.777. The van der Waals surface area contributed by atoms with Crippen molar-refractivity contribution >= 4 is 22.8 Å². The normalized spacial score (nSPS) is 11.0. The predicted molar refractivity (Wildman–Crippen MR) is 70.6 cm³/mol. The van der Waals surface area contributed by atoms with E-state index in [-0.39, 0.29) is 5.28 Å². The van der Waals surface area contributed by atoms with Gasteiger partial charge in [-0.25, -0.2) is 9.97 Å². The third kappa shape index (κ3) is 1.95. The summed E-state index contributed by atoms with van der Waals surface area (Å²) in [5.74, 6) is 0.908. The molecule has 0 amide bonds. The first kappa shape index (κ1) is 11.2. The number of aromatic nitrogens is 4. The Morgan fingerprint density at radius 2 is 1.94 bits per heavy atom. The zero-order valence-electron chi connectivity index (χ0n) is 9.84. The maximum absolute atomic E-state index is 5.84. The number of rotatable bonds is 2. The lowest BCUT2D eigenvalue weighted by Gasteiger charge is -2.06. The van der Waals surface area contributed by atoms with E-state index in [0.29, 0.717) is 0 Å². The van der Waals surface area contributed by atoms with E-state index >= 15 is 0 Å². The van der Waals surface area contributed by atoms with E-state index in [2.05, 4.69) is 27.1 Å². The van der Waals surface area contributed by atoms with Gasteiger partial charge in [-0.1, -0.05) is 30.3 Å². The van der Waals surface area contributed by atoms with Crippen molar-refractivity contribution in [3.8, 4) is 0 Å². The number of hydrogen-bond acceptors (Lipinski definition) is 3. The number of nitrogens with zero attached hydrogens (tertiary/aromatic N) is 4. The average Bonchev–Trinajstić information content (AvgIpc) is 2.67. The minimum absolute atomic E-state index is 0.247. The summed E-state index contributed by atoms with van der Waals surface area (Å²) in [4.78, 5) is 12.6. The van der Waals surface area contributed by atoms with E-state index in [1.165, 1.54) is 5.56 Å². The topological polar surface area (TPSA) is 43.6 Å². The molecular formula is C13H11ClN4. The molecule has 4 nitrogen and oxygen atoms in total. The first-order valence-corrected chi connectivity index (χ1v) is 6.01. The number of halogens is 1. The molecule has 5 heteroatoms. The highest BCUT2D eigenvalue weighted by Crippen LogP contribution is 2.16. The molecular weight excluding hydrogens is 248 g/mol. The molecule has 2 aromatic heterocycles. The first-order valence-electron chi connectivity index (χ1n) is 5.63. The van der Waals surface area contributed by atoms with Crippen molar-refractivity contribution in [2.45, 2.75) is 13.5 Å². The largest absolute Gasteiger partial charge is 0.308 e. The van der Waals surface area contributed by atoms with Crippen LogP contribution < -0.4 is 0 Å². The number of benzene rings is 1. The Labute approximate surface area is 109 Å². The fourth-order valence-electron chi connectivity index (χ4n) is 1.97.